The molecule has 2 atom stereocenters. The lowest BCUT2D eigenvalue weighted by Crippen LogP contribution is -2.41. The maximum atomic E-state index is 6.17. The predicted molar refractivity (Wildman–Crippen MR) is 67.3 cm³/mol. The van der Waals surface area contributed by atoms with Crippen molar-refractivity contribution in [3.63, 3.8) is 0 Å². The largest absolute Gasteiger partial charge is 0.327 e. The fraction of sp³-hybridized carbons (Fsp3) is 0.667. The molecule has 0 bridgehead atoms. The Morgan fingerprint density at radius 2 is 2.06 bits per heavy atom. The normalized spacial score (nSPS) is 28.9. The van der Waals surface area contributed by atoms with Crippen molar-refractivity contribution in [2.45, 2.75) is 49.6 Å². The van der Waals surface area contributed by atoms with Gasteiger partial charge in [-0.15, -0.1) is 0 Å². The van der Waals surface area contributed by atoms with Crippen LogP contribution in [0.15, 0.2) is 23.6 Å². The van der Waals surface area contributed by atoms with Gasteiger partial charge in [0.15, 0.2) is 5.16 Å². The molecule has 1 aromatic heterocycles. The van der Waals surface area contributed by atoms with Gasteiger partial charge in [-0.1, -0.05) is 25.6 Å². The summed E-state index contributed by atoms with van der Waals surface area (Å²) in [7, 11) is 0. The van der Waals surface area contributed by atoms with Crippen LogP contribution in [0.3, 0.4) is 0 Å². The Morgan fingerprint density at radius 3 is 2.75 bits per heavy atom. The second kappa shape index (κ2) is 4.72. The van der Waals surface area contributed by atoms with Crippen LogP contribution in [0.5, 0.6) is 0 Å². The van der Waals surface area contributed by atoms with E-state index in [4.69, 9.17) is 5.73 Å². The van der Waals surface area contributed by atoms with Crippen molar-refractivity contribution in [1.82, 2.24) is 9.97 Å². The van der Waals surface area contributed by atoms with Crippen molar-refractivity contribution in [3.8, 4) is 0 Å². The smallest absolute Gasteiger partial charge is 0.187 e. The summed E-state index contributed by atoms with van der Waals surface area (Å²) in [5, 5.41) is 1.30. The molecule has 16 heavy (non-hydrogen) atoms. The summed E-state index contributed by atoms with van der Waals surface area (Å²) in [6.45, 7) is 4.64. The van der Waals surface area contributed by atoms with Gasteiger partial charge in [0.1, 0.15) is 0 Å². The third-order valence-electron chi connectivity index (χ3n) is 3.18. The van der Waals surface area contributed by atoms with Crippen molar-refractivity contribution >= 4 is 11.8 Å². The molecule has 3 nitrogen and oxygen atoms in total. The van der Waals surface area contributed by atoms with Crippen LogP contribution in [-0.4, -0.2) is 21.3 Å². The number of rotatable bonds is 2. The Hall–Kier alpha value is -0.610. The van der Waals surface area contributed by atoms with Gasteiger partial charge in [-0.25, -0.2) is 9.97 Å². The van der Waals surface area contributed by atoms with Crippen molar-refractivity contribution < 1.29 is 0 Å². The number of aromatic nitrogens is 2. The fourth-order valence-electron chi connectivity index (χ4n) is 2.15. The molecule has 2 N–H and O–H groups in total. The lowest BCUT2D eigenvalue weighted by Gasteiger charge is -2.38. The molecule has 2 rings (SSSR count). The SMILES string of the molecule is CC1(C)CCC(N)C(Sc2ncccn2)C1. The topological polar surface area (TPSA) is 51.8 Å². The third-order valence-corrected chi connectivity index (χ3v) is 4.43. The van der Waals surface area contributed by atoms with Gasteiger partial charge < -0.3 is 5.73 Å². The van der Waals surface area contributed by atoms with Crippen LogP contribution in [0.1, 0.15) is 33.1 Å². The summed E-state index contributed by atoms with van der Waals surface area (Å²) in [5.41, 5.74) is 6.58. The first kappa shape index (κ1) is 11.9. The van der Waals surface area contributed by atoms with Gasteiger partial charge in [-0.2, -0.15) is 0 Å². The van der Waals surface area contributed by atoms with E-state index in [2.05, 4.69) is 23.8 Å². The van der Waals surface area contributed by atoms with Gasteiger partial charge in [0.25, 0.3) is 0 Å². The van der Waals surface area contributed by atoms with E-state index in [9.17, 15) is 0 Å². The molecule has 2 unspecified atom stereocenters. The Labute approximate surface area is 101 Å². The number of thioether (sulfide) groups is 1. The zero-order valence-corrected chi connectivity index (χ0v) is 10.7. The summed E-state index contributed by atoms with van der Waals surface area (Å²) in [4.78, 5) is 8.50. The molecule has 1 heterocycles. The molecule has 1 saturated carbocycles. The number of nitrogens with zero attached hydrogens (tertiary/aromatic N) is 2. The molecule has 4 heteroatoms. The van der Waals surface area contributed by atoms with E-state index in [-0.39, 0.29) is 6.04 Å². The molecule has 0 aliphatic heterocycles. The second-order valence-corrected chi connectivity index (χ2v) is 6.46. The second-order valence-electron chi connectivity index (χ2n) is 5.26. The zero-order valence-electron chi connectivity index (χ0n) is 9.89. The fourth-order valence-corrected chi connectivity index (χ4v) is 3.51. The molecule has 1 aromatic rings. The van der Waals surface area contributed by atoms with Crippen LogP contribution < -0.4 is 5.73 Å². The van der Waals surface area contributed by atoms with Gasteiger partial charge in [0, 0.05) is 23.7 Å². The molecule has 88 valence electrons. The van der Waals surface area contributed by atoms with E-state index in [1.165, 1.54) is 6.42 Å². The van der Waals surface area contributed by atoms with Gasteiger partial charge >= 0.3 is 0 Å². The van der Waals surface area contributed by atoms with Crippen molar-refractivity contribution in [3.05, 3.63) is 18.5 Å². The third kappa shape index (κ3) is 2.95. The molecule has 1 aliphatic carbocycles. The molecule has 0 aromatic carbocycles. The van der Waals surface area contributed by atoms with Crippen molar-refractivity contribution in [2.24, 2.45) is 11.1 Å². The predicted octanol–water partition coefficient (Wildman–Crippen LogP) is 2.47. The van der Waals surface area contributed by atoms with Gasteiger partial charge in [-0.05, 0) is 30.7 Å². The first-order chi connectivity index (χ1) is 7.57. The van der Waals surface area contributed by atoms with Crippen LogP contribution in [0.4, 0.5) is 0 Å². The average molecular weight is 237 g/mol. The maximum absolute atomic E-state index is 6.17. The molecule has 0 amide bonds. The number of hydrogen-bond donors (Lipinski definition) is 1. The summed E-state index contributed by atoms with van der Waals surface area (Å²) in [5.74, 6) is 0. The molecule has 1 fully saturated rings. The van der Waals surface area contributed by atoms with Crippen LogP contribution in [0.25, 0.3) is 0 Å². The average Bonchev–Trinajstić information content (AvgIpc) is 2.25. The highest BCUT2D eigenvalue weighted by atomic mass is 32.2. The van der Waals surface area contributed by atoms with Crippen LogP contribution in [0, 0.1) is 5.41 Å². The number of nitrogens with two attached hydrogens (primary N) is 1. The minimum Gasteiger partial charge on any atom is -0.327 e. The van der Waals surface area contributed by atoms with E-state index in [1.54, 1.807) is 24.2 Å². The van der Waals surface area contributed by atoms with Crippen molar-refractivity contribution in [2.75, 3.05) is 0 Å². The van der Waals surface area contributed by atoms with E-state index < -0.39 is 0 Å². The standard InChI is InChI=1S/C12H19N3S/c1-12(2)5-4-9(13)10(8-12)16-11-14-6-3-7-15-11/h3,6-7,9-10H,4-5,8,13H2,1-2H3. The minimum absolute atomic E-state index is 0.279. The van der Waals surface area contributed by atoms with Crippen molar-refractivity contribution in [1.29, 1.82) is 0 Å². The molecular formula is C12H19N3S. The molecule has 0 radical (unpaired) electrons. The highest BCUT2D eigenvalue weighted by Crippen LogP contribution is 2.41. The lowest BCUT2D eigenvalue weighted by atomic mass is 9.75. The summed E-state index contributed by atoms with van der Waals surface area (Å²) < 4.78 is 0. The maximum Gasteiger partial charge on any atom is 0.187 e. The monoisotopic (exact) mass is 237 g/mol. The van der Waals surface area contributed by atoms with Crippen LogP contribution >= 0.6 is 11.8 Å². The molecular weight excluding hydrogens is 218 g/mol. The van der Waals surface area contributed by atoms with E-state index in [0.717, 1.165) is 18.0 Å². The first-order valence-corrected chi connectivity index (χ1v) is 6.64. The molecule has 0 saturated heterocycles. The van der Waals surface area contributed by atoms with E-state index in [1.807, 2.05) is 6.07 Å². The molecule has 1 aliphatic rings. The van der Waals surface area contributed by atoms with Gasteiger partial charge in [0.05, 0.1) is 0 Å². The lowest BCUT2D eigenvalue weighted by molar-refractivity contribution is 0.232. The van der Waals surface area contributed by atoms with Crippen LogP contribution in [-0.2, 0) is 0 Å². The van der Waals surface area contributed by atoms with Gasteiger partial charge in [0.2, 0.25) is 0 Å². The van der Waals surface area contributed by atoms with Crippen LogP contribution in [0.2, 0.25) is 0 Å². The molecule has 0 spiro atoms. The summed E-state index contributed by atoms with van der Waals surface area (Å²) >= 11 is 1.73. The quantitative estimate of drug-likeness (QED) is 0.803. The Kier molecular flexibility index (Phi) is 3.50. The first-order valence-electron chi connectivity index (χ1n) is 5.76. The summed E-state index contributed by atoms with van der Waals surface area (Å²) in [6, 6.07) is 2.12. The Morgan fingerprint density at radius 1 is 1.38 bits per heavy atom. The van der Waals surface area contributed by atoms with E-state index in [0.29, 0.717) is 10.7 Å². The van der Waals surface area contributed by atoms with Gasteiger partial charge in [-0.3, -0.25) is 0 Å². The minimum atomic E-state index is 0.279. The van der Waals surface area contributed by atoms with E-state index >= 15 is 0 Å². The summed E-state index contributed by atoms with van der Waals surface area (Å²) in [6.07, 6.45) is 7.05. The Balaban J connectivity index is 2.03. The number of hydrogen-bond acceptors (Lipinski definition) is 4. The Bertz CT molecular complexity index is 339. The highest BCUT2D eigenvalue weighted by Gasteiger charge is 2.33. The highest BCUT2D eigenvalue weighted by molar-refractivity contribution is 7.99. The zero-order chi connectivity index (χ0) is 11.6.